The van der Waals surface area contributed by atoms with Crippen LogP contribution in [0.5, 0.6) is 0 Å². The van der Waals surface area contributed by atoms with Gasteiger partial charge in [0.15, 0.2) is 12.4 Å². The average Bonchev–Trinajstić information content (AvgIpc) is 1.94. The zero-order valence-electron chi connectivity index (χ0n) is 5.80. The Morgan fingerprint density at radius 1 is 1.36 bits per heavy atom. The summed E-state index contributed by atoms with van der Waals surface area (Å²) in [5, 5.41) is 26.2. The predicted molar refractivity (Wildman–Crippen MR) is 33.8 cm³/mol. The van der Waals surface area contributed by atoms with Crippen LogP contribution in [0, 0.1) is 0 Å². The van der Waals surface area contributed by atoms with Gasteiger partial charge in [-0.25, -0.2) is 4.79 Å². The lowest BCUT2D eigenvalue weighted by Gasteiger charge is -2.27. The number of carbonyl (C=O) groups is 1. The fourth-order valence-electron chi connectivity index (χ4n) is 0.973. The van der Waals surface area contributed by atoms with Gasteiger partial charge in [0, 0.05) is 0 Å². The van der Waals surface area contributed by atoms with Gasteiger partial charge in [0.05, 0.1) is 0 Å². The van der Waals surface area contributed by atoms with Gasteiger partial charge in [0.1, 0.15) is 6.10 Å². The van der Waals surface area contributed by atoms with E-state index in [9.17, 15) is 4.79 Å². The third-order valence-electron chi connectivity index (χ3n) is 1.63. The summed E-state index contributed by atoms with van der Waals surface area (Å²) in [4.78, 5) is 10.3. The highest BCUT2D eigenvalue weighted by Gasteiger charge is 2.31. The second-order valence-electron chi connectivity index (χ2n) is 2.50. The van der Waals surface area contributed by atoms with Crippen molar-refractivity contribution in [3.05, 3.63) is 0 Å². The molecule has 1 aliphatic rings. The molecule has 1 heterocycles. The molecule has 0 bridgehead atoms. The van der Waals surface area contributed by atoms with Crippen LogP contribution in [0.1, 0.15) is 12.8 Å². The molecule has 5 heteroatoms. The summed E-state index contributed by atoms with van der Waals surface area (Å²) in [6.45, 7) is 0. The van der Waals surface area contributed by atoms with Crippen LogP contribution >= 0.6 is 0 Å². The topological polar surface area (TPSA) is 87.0 Å². The molecule has 5 nitrogen and oxygen atoms in total. The molecule has 1 fully saturated rings. The molecular formula is C6H10O5. The van der Waals surface area contributed by atoms with Crippen LogP contribution in [0.3, 0.4) is 0 Å². The molecular weight excluding hydrogens is 152 g/mol. The summed E-state index contributed by atoms with van der Waals surface area (Å²) in [5.74, 6) is -1.10. The van der Waals surface area contributed by atoms with E-state index in [-0.39, 0.29) is 12.8 Å². The van der Waals surface area contributed by atoms with E-state index < -0.39 is 24.5 Å². The zero-order valence-corrected chi connectivity index (χ0v) is 5.80. The molecule has 1 saturated heterocycles. The Bertz CT molecular complexity index is 157. The Labute approximate surface area is 63.2 Å². The number of ether oxygens (including phenoxy) is 1. The molecule has 0 spiro atoms. The smallest absolute Gasteiger partial charge is 0.332 e. The van der Waals surface area contributed by atoms with Crippen LogP contribution in [-0.2, 0) is 9.53 Å². The highest BCUT2D eigenvalue weighted by Crippen LogP contribution is 2.17. The van der Waals surface area contributed by atoms with Crippen LogP contribution in [0.25, 0.3) is 0 Å². The van der Waals surface area contributed by atoms with Gasteiger partial charge >= 0.3 is 5.97 Å². The van der Waals surface area contributed by atoms with Crippen molar-refractivity contribution in [3.63, 3.8) is 0 Å². The first-order chi connectivity index (χ1) is 5.11. The number of carboxylic acids is 1. The SMILES string of the molecule is O=C(O)C1CC[C@H](O)[C@H](O)O1. The van der Waals surface area contributed by atoms with E-state index in [0.717, 1.165) is 0 Å². The van der Waals surface area contributed by atoms with Crippen molar-refractivity contribution < 1.29 is 24.9 Å². The van der Waals surface area contributed by atoms with Crippen molar-refractivity contribution in [3.8, 4) is 0 Å². The van der Waals surface area contributed by atoms with Crippen LogP contribution in [-0.4, -0.2) is 39.8 Å². The molecule has 11 heavy (non-hydrogen) atoms. The maximum absolute atomic E-state index is 10.3. The van der Waals surface area contributed by atoms with E-state index in [1.54, 1.807) is 0 Å². The number of aliphatic hydroxyl groups excluding tert-OH is 2. The summed E-state index contributed by atoms with van der Waals surface area (Å²) in [6.07, 6.45) is -2.78. The normalized spacial score (nSPS) is 38.5. The zero-order chi connectivity index (χ0) is 8.43. The Morgan fingerprint density at radius 3 is 2.45 bits per heavy atom. The van der Waals surface area contributed by atoms with E-state index in [1.165, 1.54) is 0 Å². The van der Waals surface area contributed by atoms with Crippen molar-refractivity contribution in [2.75, 3.05) is 0 Å². The number of hydrogen-bond acceptors (Lipinski definition) is 4. The average molecular weight is 162 g/mol. The monoisotopic (exact) mass is 162 g/mol. The largest absolute Gasteiger partial charge is 0.479 e. The van der Waals surface area contributed by atoms with Gasteiger partial charge in [-0.2, -0.15) is 0 Å². The van der Waals surface area contributed by atoms with E-state index in [2.05, 4.69) is 4.74 Å². The van der Waals surface area contributed by atoms with Crippen molar-refractivity contribution in [1.29, 1.82) is 0 Å². The molecule has 0 aromatic carbocycles. The predicted octanol–water partition coefficient (Wildman–Crippen LogP) is -1.07. The molecule has 1 unspecified atom stereocenters. The summed E-state index contributed by atoms with van der Waals surface area (Å²) in [5.41, 5.74) is 0. The highest BCUT2D eigenvalue weighted by molar-refractivity contribution is 5.72. The summed E-state index contributed by atoms with van der Waals surface area (Å²) in [6, 6.07) is 0. The van der Waals surface area contributed by atoms with Crippen molar-refractivity contribution >= 4 is 5.97 Å². The lowest BCUT2D eigenvalue weighted by Crippen LogP contribution is -2.41. The van der Waals surface area contributed by atoms with E-state index in [1.807, 2.05) is 0 Å². The lowest BCUT2D eigenvalue weighted by molar-refractivity contribution is -0.221. The molecule has 0 radical (unpaired) electrons. The van der Waals surface area contributed by atoms with Crippen LogP contribution in [0.4, 0.5) is 0 Å². The molecule has 1 aliphatic heterocycles. The molecule has 64 valence electrons. The van der Waals surface area contributed by atoms with E-state index >= 15 is 0 Å². The fraction of sp³-hybridized carbons (Fsp3) is 0.833. The summed E-state index contributed by atoms with van der Waals surface area (Å²) in [7, 11) is 0. The number of hydrogen-bond donors (Lipinski definition) is 3. The van der Waals surface area contributed by atoms with Crippen LogP contribution in [0.15, 0.2) is 0 Å². The third kappa shape index (κ3) is 1.89. The summed E-state index contributed by atoms with van der Waals surface area (Å²) < 4.78 is 4.57. The molecule has 0 aromatic heterocycles. The standard InChI is InChI=1S/C6H10O5/c7-3-1-2-4(5(8)9)11-6(3)10/h3-4,6-7,10H,1-2H2,(H,8,9)/t3-,4?,6+/m0/s1. The molecule has 3 N–H and O–H groups in total. The maximum Gasteiger partial charge on any atom is 0.332 e. The Kier molecular flexibility index (Phi) is 2.43. The van der Waals surface area contributed by atoms with Crippen molar-refractivity contribution in [1.82, 2.24) is 0 Å². The van der Waals surface area contributed by atoms with Gasteiger partial charge in [-0.05, 0) is 12.8 Å². The van der Waals surface area contributed by atoms with Crippen molar-refractivity contribution in [2.24, 2.45) is 0 Å². The molecule has 0 saturated carbocycles. The number of carboxylic acid groups (broad SMARTS) is 1. The number of aliphatic carboxylic acids is 1. The first-order valence-corrected chi connectivity index (χ1v) is 3.35. The van der Waals surface area contributed by atoms with Gasteiger partial charge in [-0.15, -0.1) is 0 Å². The van der Waals surface area contributed by atoms with Gasteiger partial charge in [0.2, 0.25) is 0 Å². The van der Waals surface area contributed by atoms with Gasteiger partial charge in [-0.3, -0.25) is 0 Å². The Hall–Kier alpha value is -0.650. The molecule has 0 amide bonds. The summed E-state index contributed by atoms with van der Waals surface area (Å²) >= 11 is 0. The van der Waals surface area contributed by atoms with Crippen LogP contribution < -0.4 is 0 Å². The van der Waals surface area contributed by atoms with E-state index in [4.69, 9.17) is 15.3 Å². The second-order valence-corrected chi connectivity index (χ2v) is 2.50. The number of aliphatic hydroxyl groups is 2. The lowest BCUT2D eigenvalue weighted by atomic mass is 10.1. The maximum atomic E-state index is 10.3. The fourth-order valence-corrected chi connectivity index (χ4v) is 0.973. The minimum absolute atomic E-state index is 0.244. The molecule has 0 aliphatic carbocycles. The Morgan fingerprint density at radius 2 is 2.00 bits per heavy atom. The minimum Gasteiger partial charge on any atom is -0.479 e. The molecule has 1 rings (SSSR count). The van der Waals surface area contributed by atoms with Gasteiger partial charge in [-0.1, -0.05) is 0 Å². The highest BCUT2D eigenvalue weighted by atomic mass is 16.6. The first-order valence-electron chi connectivity index (χ1n) is 3.35. The second kappa shape index (κ2) is 3.17. The first kappa shape index (κ1) is 8.45. The molecule has 0 aromatic rings. The quantitative estimate of drug-likeness (QED) is 0.457. The van der Waals surface area contributed by atoms with Gasteiger partial charge < -0.3 is 20.1 Å². The minimum atomic E-state index is -1.36. The Balaban J connectivity index is 2.46. The van der Waals surface area contributed by atoms with Gasteiger partial charge in [0.25, 0.3) is 0 Å². The number of rotatable bonds is 1. The van der Waals surface area contributed by atoms with Crippen molar-refractivity contribution in [2.45, 2.75) is 31.3 Å². The van der Waals surface area contributed by atoms with E-state index in [0.29, 0.717) is 0 Å². The third-order valence-corrected chi connectivity index (χ3v) is 1.63. The molecule has 3 atom stereocenters. The van der Waals surface area contributed by atoms with Crippen LogP contribution in [0.2, 0.25) is 0 Å².